The first-order valence-electron chi connectivity index (χ1n) is 8.59. The van der Waals surface area contributed by atoms with Gasteiger partial charge in [-0.1, -0.05) is 37.0 Å². The summed E-state index contributed by atoms with van der Waals surface area (Å²) in [7, 11) is 0. The summed E-state index contributed by atoms with van der Waals surface area (Å²) in [4.78, 5) is 25.2. The van der Waals surface area contributed by atoms with Gasteiger partial charge in [-0.05, 0) is 24.3 Å². The van der Waals surface area contributed by atoms with E-state index in [0.29, 0.717) is 19.4 Å². The third kappa shape index (κ3) is 4.66. The van der Waals surface area contributed by atoms with Gasteiger partial charge in [-0.25, -0.2) is 4.68 Å². The molecule has 2 heterocycles. The number of carbonyl (C=O) groups is 2. The Morgan fingerprint density at radius 3 is 2.80 bits per heavy atom. The van der Waals surface area contributed by atoms with E-state index in [1.54, 1.807) is 22.2 Å². The van der Waals surface area contributed by atoms with Crippen molar-refractivity contribution in [3.05, 3.63) is 34.3 Å². The molecule has 0 spiro atoms. The molecule has 2 N–H and O–H groups in total. The Labute approximate surface area is 150 Å². The number of amides is 1. The average Bonchev–Trinajstić information content (AvgIpc) is 3.22. The fourth-order valence-corrected chi connectivity index (χ4v) is 3.93. The smallest absolute Gasteiger partial charge is 0.308 e. The Bertz CT molecular complexity index is 713. The minimum absolute atomic E-state index is 0.225. The summed E-state index contributed by atoms with van der Waals surface area (Å²) in [5.74, 6) is -1.73. The highest BCUT2D eigenvalue weighted by Gasteiger charge is 2.30. The predicted molar refractivity (Wildman–Crippen MR) is 93.5 cm³/mol. The van der Waals surface area contributed by atoms with Crippen LogP contribution < -0.4 is 5.32 Å². The molecule has 134 valence electrons. The number of aromatic nitrogens is 3. The van der Waals surface area contributed by atoms with Gasteiger partial charge in [0.2, 0.25) is 0 Å². The average molecular weight is 362 g/mol. The number of carboxylic acid groups (broad SMARTS) is 1. The van der Waals surface area contributed by atoms with Crippen molar-refractivity contribution in [2.75, 3.05) is 0 Å². The van der Waals surface area contributed by atoms with Crippen molar-refractivity contribution in [1.29, 1.82) is 0 Å². The van der Waals surface area contributed by atoms with Gasteiger partial charge in [0, 0.05) is 10.9 Å². The quantitative estimate of drug-likeness (QED) is 0.852. The Kier molecular flexibility index (Phi) is 5.80. The molecule has 25 heavy (non-hydrogen) atoms. The molecule has 8 heteroatoms. The van der Waals surface area contributed by atoms with Crippen LogP contribution in [0.25, 0.3) is 0 Å². The minimum Gasteiger partial charge on any atom is -0.481 e. The third-order valence-corrected chi connectivity index (χ3v) is 5.43. The second kappa shape index (κ2) is 8.24. The molecule has 1 saturated carbocycles. The number of carboxylic acids is 1. The molecule has 1 aliphatic rings. The van der Waals surface area contributed by atoms with Gasteiger partial charge in [-0.15, -0.1) is 16.4 Å². The zero-order valence-electron chi connectivity index (χ0n) is 13.9. The normalized spacial score (nSPS) is 21.3. The van der Waals surface area contributed by atoms with Gasteiger partial charge in [-0.3, -0.25) is 9.59 Å². The van der Waals surface area contributed by atoms with Crippen LogP contribution in [0.5, 0.6) is 0 Å². The molecular formula is C17H22N4O3S. The zero-order chi connectivity index (χ0) is 17.6. The van der Waals surface area contributed by atoms with Crippen LogP contribution in [0.1, 0.15) is 53.9 Å². The van der Waals surface area contributed by atoms with Crippen molar-refractivity contribution >= 4 is 23.2 Å². The lowest BCUT2D eigenvalue weighted by molar-refractivity contribution is -0.143. The van der Waals surface area contributed by atoms with Crippen LogP contribution in [-0.2, 0) is 11.3 Å². The summed E-state index contributed by atoms with van der Waals surface area (Å²) < 4.78 is 1.62. The molecule has 7 nitrogen and oxygen atoms in total. The lowest BCUT2D eigenvalue weighted by Gasteiger charge is -2.26. The van der Waals surface area contributed by atoms with Crippen LogP contribution in [0.2, 0.25) is 0 Å². The van der Waals surface area contributed by atoms with E-state index < -0.39 is 11.9 Å². The summed E-state index contributed by atoms with van der Waals surface area (Å²) in [6.07, 6.45) is 6.85. The molecule has 0 saturated heterocycles. The summed E-state index contributed by atoms with van der Waals surface area (Å²) in [6, 6.07) is 3.61. The highest BCUT2D eigenvalue weighted by molar-refractivity contribution is 7.09. The van der Waals surface area contributed by atoms with Crippen LogP contribution in [-0.4, -0.2) is 38.0 Å². The van der Waals surface area contributed by atoms with E-state index in [4.69, 9.17) is 0 Å². The highest BCUT2D eigenvalue weighted by Crippen LogP contribution is 2.23. The summed E-state index contributed by atoms with van der Waals surface area (Å²) in [5, 5.41) is 22.3. The minimum atomic E-state index is -0.839. The first-order valence-corrected chi connectivity index (χ1v) is 9.47. The Morgan fingerprint density at radius 1 is 1.28 bits per heavy atom. The van der Waals surface area contributed by atoms with Crippen molar-refractivity contribution in [3.63, 3.8) is 0 Å². The molecule has 0 radical (unpaired) electrons. The van der Waals surface area contributed by atoms with E-state index in [0.717, 1.165) is 30.6 Å². The number of hydrogen-bond donors (Lipinski definition) is 2. The first kappa shape index (κ1) is 17.6. The topological polar surface area (TPSA) is 97.1 Å². The summed E-state index contributed by atoms with van der Waals surface area (Å²) in [5.41, 5.74) is 0.225. The maximum atomic E-state index is 12.5. The molecule has 2 atom stereocenters. The van der Waals surface area contributed by atoms with E-state index in [1.165, 1.54) is 0 Å². The van der Waals surface area contributed by atoms with Crippen molar-refractivity contribution in [1.82, 2.24) is 20.3 Å². The fourth-order valence-electron chi connectivity index (χ4n) is 3.24. The molecule has 0 aromatic carbocycles. The molecule has 1 amide bonds. The summed E-state index contributed by atoms with van der Waals surface area (Å²) >= 11 is 1.62. The largest absolute Gasteiger partial charge is 0.481 e. The van der Waals surface area contributed by atoms with E-state index >= 15 is 0 Å². The molecule has 2 aromatic heterocycles. The third-order valence-electron chi connectivity index (χ3n) is 4.57. The number of nitrogens with zero attached hydrogens (tertiary/aromatic N) is 3. The van der Waals surface area contributed by atoms with Crippen LogP contribution >= 0.6 is 11.3 Å². The van der Waals surface area contributed by atoms with E-state index in [-0.39, 0.29) is 17.6 Å². The zero-order valence-corrected chi connectivity index (χ0v) is 14.7. The number of nitrogens with one attached hydrogen (secondary N) is 1. The van der Waals surface area contributed by atoms with Gasteiger partial charge in [0.1, 0.15) is 0 Å². The monoisotopic (exact) mass is 362 g/mol. The van der Waals surface area contributed by atoms with Crippen molar-refractivity contribution in [2.24, 2.45) is 5.92 Å². The Hall–Kier alpha value is -2.22. The number of carbonyl (C=O) groups excluding carboxylic acids is 1. The van der Waals surface area contributed by atoms with E-state index in [2.05, 4.69) is 15.6 Å². The van der Waals surface area contributed by atoms with E-state index in [1.807, 2.05) is 17.5 Å². The van der Waals surface area contributed by atoms with Gasteiger partial charge in [0.15, 0.2) is 5.69 Å². The second-order valence-corrected chi connectivity index (χ2v) is 7.43. The lowest BCUT2D eigenvalue weighted by atomic mass is 9.86. The van der Waals surface area contributed by atoms with Gasteiger partial charge >= 0.3 is 5.97 Å². The maximum Gasteiger partial charge on any atom is 0.308 e. The molecule has 1 aliphatic carbocycles. The van der Waals surface area contributed by atoms with Crippen LogP contribution in [0, 0.1) is 5.92 Å². The standard InChI is InChI=1S/C17H22N4O3S/c22-16(15-11-21(20-19-15)10-12-6-5-9-25-12)18-14-8-4-2-1-3-7-13(14)17(23)24/h5-6,9,11,13-14H,1-4,7-8,10H2,(H,18,22)(H,23,24). The van der Waals surface area contributed by atoms with Crippen molar-refractivity contribution < 1.29 is 14.7 Å². The summed E-state index contributed by atoms with van der Waals surface area (Å²) in [6.45, 7) is 0.569. The first-order chi connectivity index (χ1) is 12.1. The predicted octanol–water partition coefficient (Wildman–Crippen LogP) is 2.54. The molecule has 0 bridgehead atoms. The molecule has 3 rings (SSSR count). The Morgan fingerprint density at radius 2 is 2.08 bits per heavy atom. The molecule has 0 aliphatic heterocycles. The maximum absolute atomic E-state index is 12.5. The second-order valence-electron chi connectivity index (χ2n) is 6.40. The lowest BCUT2D eigenvalue weighted by Crippen LogP contribution is -2.44. The van der Waals surface area contributed by atoms with Crippen LogP contribution in [0.15, 0.2) is 23.7 Å². The fraction of sp³-hybridized carbons (Fsp3) is 0.529. The van der Waals surface area contributed by atoms with Gasteiger partial charge in [0.25, 0.3) is 5.91 Å². The highest BCUT2D eigenvalue weighted by atomic mass is 32.1. The van der Waals surface area contributed by atoms with E-state index in [9.17, 15) is 14.7 Å². The number of aliphatic carboxylic acids is 1. The van der Waals surface area contributed by atoms with Gasteiger partial charge < -0.3 is 10.4 Å². The molecule has 2 aromatic rings. The van der Waals surface area contributed by atoms with Crippen molar-refractivity contribution in [3.8, 4) is 0 Å². The Balaban J connectivity index is 1.65. The SMILES string of the molecule is O=C(NC1CCCCCCC1C(=O)O)c1cn(Cc2cccs2)nn1. The number of hydrogen-bond acceptors (Lipinski definition) is 5. The van der Waals surface area contributed by atoms with Crippen molar-refractivity contribution in [2.45, 2.75) is 51.1 Å². The number of thiophene rings is 1. The van der Waals surface area contributed by atoms with Crippen LogP contribution in [0.3, 0.4) is 0 Å². The molecule has 2 unspecified atom stereocenters. The molecular weight excluding hydrogens is 340 g/mol. The van der Waals surface area contributed by atoms with Gasteiger partial charge in [0.05, 0.1) is 18.7 Å². The van der Waals surface area contributed by atoms with Gasteiger partial charge in [-0.2, -0.15) is 0 Å². The van der Waals surface area contributed by atoms with Crippen LogP contribution in [0.4, 0.5) is 0 Å². The number of rotatable bonds is 5. The molecule has 1 fully saturated rings.